The minimum absolute atomic E-state index is 0.164. The van der Waals surface area contributed by atoms with Gasteiger partial charge in [0.05, 0.1) is 25.4 Å². The average Bonchev–Trinajstić information content (AvgIpc) is 2.54. The lowest BCUT2D eigenvalue weighted by molar-refractivity contribution is -0.123. The molecule has 1 aromatic carbocycles. The third-order valence-electron chi connectivity index (χ3n) is 4.18. The number of hydrogen-bond donors (Lipinski definition) is 2. The minimum Gasteiger partial charge on any atom is -0.496 e. The van der Waals surface area contributed by atoms with E-state index < -0.39 is 5.60 Å². The molecular weight excluding hydrogens is 266 g/mol. The molecule has 2 rings (SSSR count). The van der Waals surface area contributed by atoms with Crippen molar-refractivity contribution < 1.29 is 14.6 Å². The molecule has 2 unspecified atom stereocenters. The Bertz CT molecular complexity index is 432. The van der Waals surface area contributed by atoms with Crippen LogP contribution in [0.4, 0.5) is 0 Å². The second kappa shape index (κ2) is 7.78. The molecule has 2 N–H and O–H groups in total. The topological polar surface area (TPSA) is 50.7 Å². The number of hydrogen-bond acceptors (Lipinski definition) is 4. The van der Waals surface area contributed by atoms with Gasteiger partial charge in [-0.1, -0.05) is 38.0 Å². The normalized spacial score (nSPS) is 21.8. The molecule has 1 fully saturated rings. The maximum Gasteiger partial charge on any atom is 0.122 e. The molecule has 0 aliphatic carbocycles. The van der Waals surface area contributed by atoms with E-state index in [2.05, 4.69) is 12.2 Å². The summed E-state index contributed by atoms with van der Waals surface area (Å²) in [5, 5.41) is 14.5. The first kappa shape index (κ1) is 16.3. The number of nitrogens with one attached hydrogen (secondary N) is 1. The third kappa shape index (κ3) is 4.19. The van der Waals surface area contributed by atoms with E-state index in [0.717, 1.165) is 37.1 Å². The Balaban J connectivity index is 2.18. The highest BCUT2D eigenvalue weighted by molar-refractivity contribution is 5.34. The van der Waals surface area contributed by atoms with Crippen molar-refractivity contribution in [2.24, 2.45) is 0 Å². The van der Waals surface area contributed by atoms with Gasteiger partial charge in [0.25, 0.3) is 0 Å². The number of ether oxygens (including phenoxy) is 2. The van der Waals surface area contributed by atoms with E-state index in [-0.39, 0.29) is 6.10 Å². The van der Waals surface area contributed by atoms with E-state index in [9.17, 15) is 5.11 Å². The molecule has 0 aromatic heterocycles. The number of para-hydroxylation sites is 1. The molecule has 0 bridgehead atoms. The molecule has 1 aliphatic heterocycles. The van der Waals surface area contributed by atoms with Crippen molar-refractivity contribution in [2.75, 3.05) is 26.8 Å². The third-order valence-corrected chi connectivity index (χ3v) is 4.18. The Labute approximate surface area is 127 Å². The van der Waals surface area contributed by atoms with Gasteiger partial charge in [0, 0.05) is 19.5 Å². The van der Waals surface area contributed by atoms with Gasteiger partial charge in [-0.15, -0.1) is 0 Å². The zero-order valence-corrected chi connectivity index (χ0v) is 13.1. The van der Waals surface area contributed by atoms with E-state index in [4.69, 9.17) is 9.47 Å². The van der Waals surface area contributed by atoms with Gasteiger partial charge in [0.15, 0.2) is 0 Å². The van der Waals surface area contributed by atoms with Gasteiger partial charge in [-0.3, -0.25) is 0 Å². The molecule has 1 heterocycles. The Morgan fingerprint density at radius 1 is 1.43 bits per heavy atom. The number of aliphatic hydroxyl groups is 1. The number of benzene rings is 1. The highest BCUT2D eigenvalue weighted by Crippen LogP contribution is 2.30. The van der Waals surface area contributed by atoms with Crippen molar-refractivity contribution in [3.8, 4) is 5.75 Å². The molecule has 1 saturated heterocycles. The molecule has 2 atom stereocenters. The fourth-order valence-corrected chi connectivity index (χ4v) is 2.94. The molecule has 0 spiro atoms. The molecule has 21 heavy (non-hydrogen) atoms. The average molecular weight is 293 g/mol. The molecular formula is C17H27NO3. The lowest BCUT2D eigenvalue weighted by Gasteiger charge is -2.39. The van der Waals surface area contributed by atoms with E-state index in [0.29, 0.717) is 19.6 Å². The Kier molecular flexibility index (Phi) is 6.03. The maximum atomic E-state index is 11.2. The van der Waals surface area contributed by atoms with Crippen LogP contribution in [-0.2, 0) is 11.2 Å². The largest absolute Gasteiger partial charge is 0.496 e. The van der Waals surface area contributed by atoms with Crippen LogP contribution in [0.25, 0.3) is 0 Å². The van der Waals surface area contributed by atoms with Crippen LogP contribution in [0.5, 0.6) is 5.75 Å². The first-order chi connectivity index (χ1) is 10.2. The van der Waals surface area contributed by atoms with Gasteiger partial charge < -0.3 is 19.9 Å². The molecule has 4 nitrogen and oxygen atoms in total. The molecule has 118 valence electrons. The quantitative estimate of drug-likeness (QED) is 0.809. The number of morpholine rings is 1. The number of rotatable bonds is 7. The van der Waals surface area contributed by atoms with Crippen LogP contribution in [0.2, 0.25) is 0 Å². The first-order valence-corrected chi connectivity index (χ1v) is 7.86. The summed E-state index contributed by atoms with van der Waals surface area (Å²) < 4.78 is 11.2. The molecule has 0 radical (unpaired) electrons. The summed E-state index contributed by atoms with van der Waals surface area (Å²) in [4.78, 5) is 0. The summed E-state index contributed by atoms with van der Waals surface area (Å²) in [6, 6.07) is 7.89. The van der Waals surface area contributed by atoms with E-state index in [1.165, 1.54) is 0 Å². The van der Waals surface area contributed by atoms with Crippen molar-refractivity contribution in [1.29, 1.82) is 0 Å². The zero-order chi connectivity index (χ0) is 15.1. The lowest BCUT2D eigenvalue weighted by atomic mass is 9.83. The van der Waals surface area contributed by atoms with E-state index in [1.807, 2.05) is 24.3 Å². The predicted molar refractivity (Wildman–Crippen MR) is 83.8 cm³/mol. The Morgan fingerprint density at radius 2 is 2.24 bits per heavy atom. The Morgan fingerprint density at radius 3 is 2.90 bits per heavy atom. The highest BCUT2D eigenvalue weighted by Gasteiger charge is 2.38. The van der Waals surface area contributed by atoms with Crippen molar-refractivity contribution in [3.05, 3.63) is 29.8 Å². The molecule has 0 amide bonds. The summed E-state index contributed by atoms with van der Waals surface area (Å²) in [6.45, 7) is 4.36. The summed E-state index contributed by atoms with van der Waals surface area (Å²) in [5.41, 5.74) is 0.186. The van der Waals surface area contributed by atoms with Crippen LogP contribution < -0.4 is 10.1 Å². The van der Waals surface area contributed by atoms with Crippen molar-refractivity contribution >= 4 is 0 Å². The van der Waals surface area contributed by atoms with Gasteiger partial charge in [-0.2, -0.15) is 0 Å². The van der Waals surface area contributed by atoms with Gasteiger partial charge in [-0.25, -0.2) is 0 Å². The van der Waals surface area contributed by atoms with Crippen LogP contribution >= 0.6 is 0 Å². The number of methoxy groups -OCH3 is 1. The van der Waals surface area contributed by atoms with Gasteiger partial charge >= 0.3 is 0 Å². The van der Waals surface area contributed by atoms with Crippen molar-refractivity contribution in [3.63, 3.8) is 0 Å². The van der Waals surface area contributed by atoms with Gasteiger partial charge in [-0.05, 0) is 18.1 Å². The molecule has 1 aliphatic rings. The summed E-state index contributed by atoms with van der Waals surface area (Å²) in [5.74, 6) is 0.830. The summed E-state index contributed by atoms with van der Waals surface area (Å²) in [7, 11) is 1.67. The molecule has 4 heteroatoms. The second-order valence-corrected chi connectivity index (χ2v) is 5.76. The number of unbranched alkanes of at least 4 members (excludes halogenated alkanes) is 1. The fourth-order valence-electron chi connectivity index (χ4n) is 2.94. The van der Waals surface area contributed by atoms with Crippen LogP contribution in [0.1, 0.15) is 31.7 Å². The lowest BCUT2D eigenvalue weighted by Crippen LogP contribution is -2.54. The van der Waals surface area contributed by atoms with Crippen molar-refractivity contribution in [2.45, 2.75) is 44.3 Å². The zero-order valence-electron chi connectivity index (χ0n) is 13.1. The van der Waals surface area contributed by atoms with Gasteiger partial charge in [0.1, 0.15) is 5.75 Å². The molecule has 1 aromatic rings. The Hall–Kier alpha value is -1.10. The maximum absolute atomic E-state index is 11.2. The van der Waals surface area contributed by atoms with Crippen molar-refractivity contribution in [1.82, 2.24) is 5.32 Å². The summed E-state index contributed by atoms with van der Waals surface area (Å²) >= 11 is 0. The van der Waals surface area contributed by atoms with Crippen LogP contribution in [0.3, 0.4) is 0 Å². The SMILES string of the molecule is CCCCC(O)(Cc1ccccc1OC)C1CNCCO1. The second-order valence-electron chi connectivity index (χ2n) is 5.76. The van der Waals surface area contributed by atoms with E-state index >= 15 is 0 Å². The predicted octanol–water partition coefficient (Wildman–Crippen LogP) is 2.15. The smallest absolute Gasteiger partial charge is 0.122 e. The van der Waals surface area contributed by atoms with Gasteiger partial charge in [0.2, 0.25) is 0 Å². The van der Waals surface area contributed by atoms with Crippen LogP contribution in [0.15, 0.2) is 24.3 Å². The summed E-state index contributed by atoms with van der Waals surface area (Å²) in [6.07, 6.45) is 3.19. The van der Waals surface area contributed by atoms with Crippen LogP contribution in [-0.4, -0.2) is 43.6 Å². The monoisotopic (exact) mass is 293 g/mol. The molecule has 0 saturated carbocycles. The highest BCUT2D eigenvalue weighted by atomic mass is 16.5. The standard InChI is InChI=1S/C17H27NO3/c1-3-4-9-17(19,16-13-18-10-11-21-16)12-14-7-5-6-8-15(14)20-2/h5-8,16,18-19H,3-4,9-13H2,1-2H3. The first-order valence-electron chi connectivity index (χ1n) is 7.86. The fraction of sp³-hybridized carbons (Fsp3) is 0.647. The minimum atomic E-state index is -0.849. The van der Waals surface area contributed by atoms with Crippen LogP contribution in [0, 0.1) is 0 Å². The van der Waals surface area contributed by atoms with E-state index in [1.54, 1.807) is 7.11 Å².